The monoisotopic (exact) mass is 541 g/mol. The highest BCUT2D eigenvalue weighted by Gasteiger charge is 2.28. The van der Waals surface area contributed by atoms with Crippen molar-refractivity contribution in [2.24, 2.45) is 0 Å². The van der Waals surface area contributed by atoms with Crippen molar-refractivity contribution < 1.29 is 18.0 Å². The second kappa shape index (κ2) is 13.3. The summed E-state index contributed by atoms with van der Waals surface area (Å²) in [7, 11) is -3.52. The van der Waals surface area contributed by atoms with E-state index in [2.05, 4.69) is 5.32 Å². The van der Waals surface area contributed by atoms with Crippen LogP contribution in [0.25, 0.3) is 0 Å². The normalized spacial score (nSPS) is 15.1. The number of carbonyl (C=O) groups is 2. The predicted molar refractivity (Wildman–Crippen MR) is 154 cm³/mol. The van der Waals surface area contributed by atoms with Crippen molar-refractivity contribution in [1.29, 1.82) is 0 Å². The van der Waals surface area contributed by atoms with Crippen LogP contribution in [-0.2, 0) is 26.2 Å². The minimum atomic E-state index is -3.52. The standard InChI is InChI=1S/C30H43N3O4S/c1-22-11-9-12-26(18-22)21-32(25(4)30(35)31-27-13-7-6-8-14-27)29(34)15-10-16-33(38(5,36)37)28-19-23(2)17-24(3)20-28/h9,11-12,17-20,25,27H,6-8,10,13-16,21H2,1-5H3,(H,31,35)/t25-/m0/s1. The average molecular weight is 542 g/mol. The minimum absolute atomic E-state index is 0.133. The maximum atomic E-state index is 13.5. The van der Waals surface area contributed by atoms with Crippen LogP contribution in [0.15, 0.2) is 42.5 Å². The first-order valence-corrected chi connectivity index (χ1v) is 15.5. The summed E-state index contributed by atoms with van der Waals surface area (Å²) < 4.78 is 26.6. The molecule has 208 valence electrons. The molecule has 0 spiro atoms. The first-order valence-electron chi connectivity index (χ1n) is 13.7. The van der Waals surface area contributed by atoms with Gasteiger partial charge >= 0.3 is 0 Å². The summed E-state index contributed by atoms with van der Waals surface area (Å²) in [5.41, 5.74) is 4.61. The molecule has 38 heavy (non-hydrogen) atoms. The highest BCUT2D eigenvalue weighted by atomic mass is 32.2. The number of amides is 2. The number of hydrogen-bond acceptors (Lipinski definition) is 4. The molecule has 0 unspecified atom stereocenters. The number of benzene rings is 2. The van der Waals surface area contributed by atoms with E-state index in [-0.39, 0.29) is 30.8 Å². The zero-order chi connectivity index (χ0) is 27.9. The van der Waals surface area contributed by atoms with Gasteiger partial charge in [-0.15, -0.1) is 0 Å². The third kappa shape index (κ3) is 8.58. The van der Waals surface area contributed by atoms with Crippen molar-refractivity contribution in [2.45, 2.75) is 91.3 Å². The number of nitrogens with zero attached hydrogens (tertiary/aromatic N) is 2. The lowest BCUT2D eigenvalue weighted by Crippen LogP contribution is -2.50. The quantitative estimate of drug-likeness (QED) is 0.433. The Morgan fingerprint density at radius 2 is 1.63 bits per heavy atom. The van der Waals surface area contributed by atoms with Gasteiger partial charge in [-0.25, -0.2) is 8.42 Å². The van der Waals surface area contributed by atoms with Gasteiger partial charge in [0.25, 0.3) is 0 Å². The summed E-state index contributed by atoms with van der Waals surface area (Å²) in [4.78, 5) is 28.3. The van der Waals surface area contributed by atoms with Crippen molar-refractivity contribution in [1.82, 2.24) is 10.2 Å². The Morgan fingerprint density at radius 3 is 2.24 bits per heavy atom. The molecule has 0 aliphatic heterocycles. The fourth-order valence-corrected chi connectivity index (χ4v) is 6.21. The lowest BCUT2D eigenvalue weighted by atomic mass is 9.95. The van der Waals surface area contributed by atoms with Crippen LogP contribution in [0.5, 0.6) is 0 Å². The van der Waals surface area contributed by atoms with Crippen LogP contribution < -0.4 is 9.62 Å². The van der Waals surface area contributed by atoms with Crippen molar-refractivity contribution >= 4 is 27.5 Å². The molecule has 1 N–H and O–H groups in total. The van der Waals surface area contributed by atoms with Crippen molar-refractivity contribution in [2.75, 3.05) is 17.1 Å². The van der Waals surface area contributed by atoms with Crippen LogP contribution >= 0.6 is 0 Å². The highest BCUT2D eigenvalue weighted by molar-refractivity contribution is 7.92. The molecular weight excluding hydrogens is 498 g/mol. The molecule has 0 saturated heterocycles. The summed E-state index contributed by atoms with van der Waals surface area (Å²) in [6, 6.07) is 13.2. The summed E-state index contributed by atoms with van der Waals surface area (Å²) in [5, 5.41) is 3.16. The zero-order valence-corrected chi connectivity index (χ0v) is 24.3. The molecule has 2 aromatic rings. The Morgan fingerprint density at radius 1 is 0.974 bits per heavy atom. The van der Waals surface area contributed by atoms with E-state index < -0.39 is 16.1 Å². The molecule has 3 rings (SSSR count). The third-order valence-corrected chi connectivity index (χ3v) is 8.39. The fraction of sp³-hybridized carbons (Fsp3) is 0.533. The largest absolute Gasteiger partial charge is 0.352 e. The Labute approximate surface area is 228 Å². The van der Waals surface area contributed by atoms with E-state index in [0.717, 1.165) is 47.9 Å². The Balaban J connectivity index is 1.73. The second-order valence-electron chi connectivity index (χ2n) is 10.8. The minimum Gasteiger partial charge on any atom is -0.352 e. The van der Waals surface area contributed by atoms with Crippen LogP contribution in [0, 0.1) is 20.8 Å². The van der Waals surface area contributed by atoms with Crippen LogP contribution in [0.4, 0.5) is 5.69 Å². The second-order valence-corrected chi connectivity index (χ2v) is 12.7. The van der Waals surface area contributed by atoms with E-state index >= 15 is 0 Å². The molecule has 1 fully saturated rings. The molecule has 0 heterocycles. The van der Waals surface area contributed by atoms with Crippen molar-refractivity contribution in [3.63, 3.8) is 0 Å². The fourth-order valence-electron chi connectivity index (χ4n) is 5.26. The third-order valence-electron chi connectivity index (χ3n) is 7.20. The molecule has 2 aromatic carbocycles. The molecular formula is C30H43N3O4S. The molecule has 0 radical (unpaired) electrons. The van der Waals surface area contributed by atoms with Gasteiger partial charge in [-0.2, -0.15) is 0 Å². The van der Waals surface area contributed by atoms with E-state index in [1.165, 1.54) is 17.0 Å². The smallest absolute Gasteiger partial charge is 0.242 e. The first-order chi connectivity index (χ1) is 17.9. The van der Waals surface area contributed by atoms with Gasteiger partial charge in [0, 0.05) is 25.6 Å². The van der Waals surface area contributed by atoms with Gasteiger partial charge in [-0.1, -0.05) is 55.2 Å². The van der Waals surface area contributed by atoms with Gasteiger partial charge in [0.1, 0.15) is 6.04 Å². The molecule has 1 atom stereocenters. The molecule has 0 bridgehead atoms. The lowest BCUT2D eigenvalue weighted by molar-refractivity contribution is -0.141. The lowest BCUT2D eigenvalue weighted by Gasteiger charge is -2.31. The van der Waals surface area contributed by atoms with E-state index in [1.807, 2.05) is 63.2 Å². The van der Waals surface area contributed by atoms with Crippen LogP contribution in [0.1, 0.15) is 74.1 Å². The SMILES string of the molecule is Cc1cccc(CN(C(=O)CCCN(c2cc(C)cc(C)c2)S(C)(=O)=O)[C@@H](C)C(=O)NC2CCCCC2)c1. The number of hydrogen-bond donors (Lipinski definition) is 1. The van der Waals surface area contributed by atoms with Gasteiger partial charge in [-0.05, 0) is 75.8 Å². The van der Waals surface area contributed by atoms with Gasteiger partial charge < -0.3 is 10.2 Å². The number of nitrogens with one attached hydrogen (secondary N) is 1. The van der Waals surface area contributed by atoms with Crippen molar-refractivity contribution in [3.8, 4) is 0 Å². The Bertz CT molecular complexity index is 1200. The highest BCUT2D eigenvalue weighted by Crippen LogP contribution is 2.23. The summed E-state index contributed by atoms with van der Waals surface area (Å²) in [6.45, 7) is 8.17. The molecule has 1 aliphatic rings. The summed E-state index contributed by atoms with van der Waals surface area (Å²) in [5.74, 6) is -0.294. The van der Waals surface area contributed by atoms with Gasteiger partial charge in [-0.3, -0.25) is 13.9 Å². The number of sulfonamides is 1. The van der Waals surface area contributed by atoms with Crippen LogP contribution in [-0.4, -0.2) is 50.0 Å². The maximum absolute atomic E-state index is 13.5. The number of carbonyl (C=O) groups excluding carboxylic acids is 2. The number of anilines is 1. The summed E-state index contributed by atoms with van der Waals surface area (Å²) >= 11 is 0. The van der Waals surface area contributed by atoms with Crippen molar-refractivity contribution in [3.05, 3.63) is 64.7 Å². The average Bonchev–Trinajstić information content (AvgIpc) is 2.84. The first kappa shape index (κ1) is 29.7. The molecule has 1 aliphatic carbocycles. The van der Waals surface area contributed by atoms with Gasteiger partial charge in [0.05, 0.1) is 11.9 Å². The number of aryl methyl sites for hydroxylation is 3. The zero-order valence-electron chi connectivity index (χ0n) is 23.5. The Kier molecular flexibility index (Phi) is 10.4. The maximum Gasteiger partial charge on any atom is 0.242 e. The van der Waals surface area contributed by atoms with Gasteiger partial charge in [0.15, 0.2) is 0 Å². The van der Waals surface area contributed by atoms with E-state index in [0.29, 0.717) is 18.7 Å². The van der Waals surface area contributed by atoms with Crippen LogP contribution in [0.2, 0.25) is 0 Å². The molecule has 2 amide bonds. The number of rotatable bonds is 11. The summed E-state index contributed by atoms with van der Waals surface area (Å²) in [6.07, 6.45) is 7.06. The van der Waals surface area contributed by atoms with Gasteiger partial charge in [0.2, 0.25) is 21.8 Å². The molecule has 7 nitrogen and oxygen atoms in total. The van der Waals surface area contributed by atoms with E-state index in [1.54, 1.807) is 11.8 Å². The van der Waals surface area contributed by atoms with E-state index in [4.69, 9.17) is 0 Å². The predicted octanol–water partition coefficient (Wildman–Crippen LogP) is 5.02. The molecule has 1 saturated carbocycles. The molecule has 8 heteroatoms. The van der Waals surface area contributed by atoms with Crippen LogP contribution in [0.3, 0.4) is 0 Å². The van der Waals surface area contributed by atoms with E-state index in [9.17, 15) is 18.0 Å². The topological polar surface area (TPSA) is 86.8 Å². The molecule has 0 aromatic heterocycles. The Hall–Kier alpha value is -2.87.